The van der Waals surface area contributed by atoms with Crippen LogP contribution in [0.15, 0.2) is 12.4 Å². The number of hydrogen-bond donors (Lipinski definition) is 1. The molecule has 2 N–H and O–H groups in total. The molecule has 1 aromatic heterocycles. The van der Waals surface area contributed by atoms with Gasteiger partial charge in [0.05, 0.1) is 6.20 Å². The largest absolute Gasteiger partial charge is 0.324 e. The quantitative estimate of drug-likeness (QED) is 0.781. The van der Waals surface area contributed by atoms with Crippen LogP contribution >= 0.6 is 0 Å². The number of rotatable bonds is 4. The number of hydrogen-bond acceptors (Lipinski definition) is 2. The van der Waals surface area contributed by atoms with Crippen molar-refractivity contribution in [1.82, 2.24) is 9.78 Å². The van der Waals surface area contributed by atoms with Crippen LogP contribution in [0.5, 0.6) is 0 Å². The minimum atomic E-state index is -2.37. The first-order valence-corrected chi connectivity index (χ1v) is 4.19. The van der Waals surface area contributed by atoms with Gasteiger partial charge < -0.3 is 5.73 Å². The van der Waals surface area contributed by atoms with Gasteiger partial charge in [0.15, 0.2) is 0 Å². The second-order valence-electron chi connectivity index (χ2n) is 2.90. The fraction of sp³-hybridized carbons (Fsp3) is 0.625. The molecule has 74 valence electrons. The van der Waals surface area contributed by atoms with Crippen molar-refractivity contribution < 1.29 is 8.78 Å². The molecule has 0 saturated heterocycles. The molecule has 0 bridgehead atoms. The third-order valence-electron chi connectivity index (χ3n) is 1.85. The van der Waals surface area contributed by atoms with E-state index in [2.05, 4.69) is 5.10 Å². The van der Waals surface area contributed by atoms with Crippen LogP contribution in [0, 0.1) is 0 Å². The Morgan fingerprint density at radius 3 is 2.85 bits per heavy atom. The standard InChI is InChI=1S/C8H13F2N3/c1-2-7(11)6-3-12-13(4-6)5-8(9)10/h3-4,7-8H,2,5,11H2,1H3. The maximum atomic E-state index is 11.9. The molecule has 1 heterocycles. The third-order valence-corrected chi connectivity index (χ3v) is 1.85. The summed E-state index contributed by atoms with van der Waals surface area (Å²) in [6.07, 6.45) is 1.52. The van der Waals surface area contributed by atoms with Crippen LogP contribution in [0.1, 0.15) is 24.9 Å². The van der Waals surface area contributed by atoms with Gasteiger partial charge >= 0.3 is 0 Å². The molecular weight excluding hydrogens is 176 g/mol. The maximum Gasteiger partial charge on any atom is 0.257 e. The van der Waals surface area contributed by atoms with Gasteiger partial charge in [-0.05, 0) is 6.42 Å². The van der Waals surface area contributed by atoms with Crippen molar-refractivity contribution in [2.75, 3.05) is 0 Å². The Morgan fingerprint density at radius 2 is 2.31 bits per heavy atom. The molecule has 13 heavy (non-hydrogen) atoms. The molecule has 1 aromatic rings. The van der Waals surface area contributed by atoms with Crippen LogP contribution < -0.4 is 5.73 Å². The van der Waals surface area contributed by atoms with Gasteiger partial charge in [-0.2, -0.15) is 5.10 Å². The Morgan fingerprint density at radius 1 is 1.62 bits per heavy atom. The van der Waals surface area contributed by atoms with Crippen LogP contribution in [-0.4, -0.2) is 16.2 Å². The van der Waals surface area contributed by atoms with E-state index in [1.807, 2.05) is 6.92 Å². The van der Waals surface area contributed by atoms with Crippen molar-refractivity contribution in [2.45, 2.75) is 32.4 Å². The SMILES string of the molecule is CCC(N)c1cnn(CC(F)F)c1. The Balaban J connectivity index is 2.63. The molecule has 0 amide bonds. The highest BCUT2D eigenvalue weighted by Gasteiger charge is 2.08. The van der Waals surface area contributed by atoms with Gasteiger partial charge in [-0.3, -0.25) is 4.68 Å². The summed E-state index contributed by atoms with van der Waals surface area (Å²) in [7, 11) is 0. The van der Waals surface area contributed by atoms with Gasteiger partial charge in [0.2, 0.25) is 0 Å². The van der Waals surface area contributed by atoms with Gasteiger partial charge in [0, 0.05) is 17.8 Å². The topological polar surface area (TPSA) is 43.8 Å². The van der Waals surface area contributed by atoms with E-state index in [4.69, 9.17) is 5.73 Å². The molecule has 1 rings (SSSR count). The van der Waals surface area contributed by atoms with Gasteiger partial charge in [0.25, 0.3) is 6.43 Å². The molecule has 0 aromatic carbocycles. The lowest BCUT2D eigenvalue weighted by Crippen LogP contribution is -2.09. The first kappa shape index (κ1) is 10.1. The molecule has 0 radical (unpaired) electrons. The van der Waals surface area contributed by atoms with Crippen molar-refractivity contribution in [2.24, 2.45) is 5.73 Å². The maximum absolute atomic E-state index is 11.9. The Bertz CT molecular complexity index is 260. The highest BCUT2D eigenvalue weighted by molar-refractivity contribution is 5.09. The van der Waals surface area contributed by atoms with E-state index in [9.17, 15) is 8.78 Å². The van der Waals surface area contributed by atoms with Crippen molar-refractivity contribution >= 4 is 0 Å². The average molecular weight is 189 g/mol. The summed E-state index contributed by atoms with van der Waals surface area (Å²) in [5, 5.41) is 3.78. The normalized spacial score (nSPS) is 13.6. The van der Waals surface area contributed by atoms with E-state index >= 15 is 0 Å². The summed E-state index contributed by atoms with van der Waals surface area (Å²) in [5.74, 6) is 0. The number of nitrogens with two attached hydrogens (primary N) is 1. The number of aromatic nitrogens is 2. The minimum Gasteiger partial charge on any atom is -0.324 e. The molecule has 1 unspecified atom stereocenters. The van der Waals surface area contributed by atoms with Crippen LogP contribution in [0.4, 0.5) is 8.78 Å². The van der Waals surface area contributed by atoms with Gasteiger partial charge in [-0.25, -0.2) is 8.78 Å². The van der Waals surface area contributed by atoms with Crippen molar-refractivity contribution in [3.63, 3.8) is 0 Å². The fourth-order valence-corrected chi connectivity index (χ4v) is 1.05. The van der Waals surface area contributed by atoms with E-state index in [-0.39, 0.29) is 12.6 Å². The predicted octanol–water partition coefficient (Wildman–Crippen LogP) is 1.56. The van der Waals surface area contributed by atoms with Crippen molar-refractivity contribution in [3.05, 3.63) is 18.0 Å². The summed E-state index contributed by atoms with van der Waals surface area (Å²) in [4.78, 5) is 0. The van der Waals surface area contributed by atoms with E-state index in [0.29, 0.717) is 0 Å². The van der Waals surface area contributed by atoms with E-state index in [1.54, 1.807) is 6.20 Å². The zero-order valence-electron chi connectivity index (χ0n) is 7.45. The second kappa shape index (κ2) is 4.32. The smallest absolute Gasteiger partial charge is 0.257 e. The van der Waals surface area contributed by atoms with Crippen LogP contribution in [-0.2, 0) is 6.54 Å². The molecule has 3 nitrogen and oxygen atoms in total. The van der Waals surface area contributed by atoms with E-state index in [1.165, 1.54) is 10.9 Å². The lowest BCUT2D eigenvalue weighted by atomic mass is 10.1. The van der Waals surface area contributed by atoms with Gasteiger partial charge in [-0.1, -0.05) is 6.92 Å². The third kappa shape index (κ3) is 2.77. The predicted molar refractivity (Wildman–Crippen MR) is 45.5 cm³/mol. The monoisotopic (exact) mass is 189 g/mol. The summed E-state index contributed by atoms with van der Waals surface area (Å²) >= 11 is 0. The summed E-state index contributed by atoms with van der Waals surface area (Å²) < 4.78 is 25.1. The Labute approximate surface area is 75.5 Å². The van der Waals surface area contributed by atoms with Gasteiger partial charge in [-0.15, -0.1) is 0 Å². The average Bonchev–Trinajstić information content (AvgIpc) is 2.50. The zero-order chi connectivity index (χ0) is 9.84. The number of alkyl halides is 2. The molecule has 0 fully saturated rings. The Hall–Kier alpha value is -0.970. The first-order chi connectivity index (χ1) is 6.13. The zero-order valence-corrected chi connectivity index (χ0v) is 7.45. The summed E-state index contributed by atoms with van der Waals surface area (Å²) in [6, 6.07) is -0.105. The van der Waals surface area contributed by atoms with Crippen molar-refractivity contribution in [1.29, 1.82) is 0 Å². The van der Waals surface area contributed by atoms with Crippen molar-refractivity contribution in [3.8, 4) is 0 Å². The van der Waals surface area contributed by atoms with E-state index < -0.39 is 6.43 Å². The second-order valence-corrected chi connectivity index (χ2v) is 2.90. The summed E-state index contributed by atoms with van der Waals surface area (Å²) in [5.41, 5.74) is 6.51. The lowest BCUT2D eigenvalue weighted by Gasteiger charge is -2.03. The molecule has 0 saturated carbocycles. The number of halogens is 2. The molecule has 0 aliphatic carbocycles. The molecule has 1 atom stereocenters. The lowest BCUT2D eigenvalue weighted by molar-refractivity contribution is 0.122. The minimum absolute atomic E-state index is 0.105. The molecular formula is C8H13F2N3. The van der Waals surface area contributed by atoms with Crippen LogP contribution in [0.3, 0.4) is 0 Å². The number of nitrogens with zero attached hydrogens (tertiary/aromatic N) is 2. The van der Waals surface area contributed by atoms with Crippen LogP contribution in [0.25, 0.3) is 0 Å². The molecule has 5 heteroatoms. The molecule has 0 aliphatic heterocycles. The van der Waals surface area contributed by atoms with Gasteiger partial charge in [0.1, 0.15) is 6.54 Å². The van der Waals surface area contributed by atoms with Crippen LogP contribution in [0.2, 0.25) is 0 Å². The Kier molecular flexibility index (Phi) is 3.36. The highest BCUT2D eigenvalue weighted by atomic mass is 19.3. The van der Waals surface area contributed by atoms with E-state index in [0.717, 1.165) is 12.0 Å². The fourth-order valence-electron chi connectivity index (χ4n) is 1.05. The first-order valence-electron chi connectivity index (χ1n) is 4.19. The molecule has 0 spiro atoms. The highest BCUT2D eigenvalue weighted by Crippen LogP contribution is 2.12. The molecule has 0 aliphatic rings. The summed E-state index contributed by atoms with van der Waals surface area (Å²) in [6.45, 7) is 1.57.